The highest BCUT2D eigenvalue weighted by Gasteiger charge is 2.28. The molecule has 1 aliphatic heterocycles. The van der Waals surface area contributed by atoms with E-state index in [0.29, 0.717) is 17.3 Å². The molecular formula is C15H19BrN4O2. The third-order valence-corrected chi connectivity index (χ3v) is 4.29. The summed E-state index contributed by atoms with van der Waals surface area (Å²) in [5.74, 6) is 1.99. The lowest BCUT2D eigenvalue weighted by Gasteiger charge is -2.36. The number of methoxy groups -OCH3 is 1. The fourth-order valence-electron chi connectivity index (χ4n) is 2.58. The van der Waals surface area contributed by atoms with E-state index in [0.717, 1.165) is 28.7 Å². The zero-order chi connectivity index (χ0) is 15.9. The highest BCUT2D eigenvalue weighted by molar-refractivity contribution is 9.10. The summed E-state index contributed by atoms with van der Waals surface area (Å²) in [6, 6.07) is 3.88. The summed E-state index contributed by atoms with van der Waals surface area (Å²) in [7, 11) is 5.52. The van der Waals surface area contributed by atoms with Gasteiger partial charge in [-0.15, -0.1) is 0 Å². The first-order valence-electron chi connectivity index (χ1n) is 7.00. The minimum Gasteiger partial charge on any atom is -0.493 e. The summed E-state index contributed by atoms with van der Waals surface area (Å²) in [4.78, 5) is 2.20. The van der Waals surface area contributed by atoms with Crippen LogP contribution in [0.25, 0.3) is 11.1 Å². The summed E-state index contributed by atoms with van der Waals surface area (Å²) < 4.78 is 14.2. The summed E-state index contributed by atoms with van der Waals surface area (Å²) in [6.45, 7) is 1.81. The van der Waals surface area contributed by atoms with E-state index in [4.69, 9.17) is 15.2 Å². The van der Waals surface area contributed by atoms with Crippen molar-refractivity contribution in [3.63, 3.8) is 0 Å². The number of anilines is 1. The largest absolute Gasteiger partial charge is 0.493 e. The van der Waals surface area contributed by atoms with Crippen molar-refractivity contribution in [1.29, 1.82) is 0 Å². The number of likely N-dealkylation sites (N-methyl/N-ethyl adjacent to an activating group) is 1. The highest BCUT2D eigenvalue weighted by atomic mass is 79.9. The number of nitrogens with two attached hydrogens (primary N) is 1. The predicted molar refractivity (Wildman–Crippen MR) is 89.2 cm³/mol. The number of hydrogen-bond acceptors (Lipinski definition) is 5. The molecule has 118 valence electrons. The van der Waals surface area contributed by atoms with Crippen LogP contribution in [0.2, 0.25) is 0 Å². The Balaban J connectivity index is 2.06. The molecule has 1 saturated heterocycles. The molecule has 1 aromatic heterocycles. The molecule has 1 aromatic carbocycles. The van der Waals surface area contributed by atoms with Crippen LogP contribution in [0.3, 0.4) is 0 Å². The number of ether oxygens (including phenoxy) is 2. The van der Waals surface area contributed by atoms with Crippen molar-refractivity contribution in [3.8, 4) is 22.6 Å². The van der Waals surface area contributed by atoms with Crippen LogP contribution >= 0.6 is 15.9 Å². The molecule has 0 radical (unpaired) electrons. The van der Waals surface area contributed by atoms with Crippen LogP contribution in [0, 0.1) is 0 Å². The molecule has 0 atom stereocenters. The lowest BCUT2D eigenvalue weighted by Crippen LogP contribution is -2.51. The minimum atomic E-state index is 0.164. The van der Waals surface area contributed by atoms with Crippen molar-refractivity contribution in [3.05, 3.63) is 22.8 Å². The molecule has 0 saturated carbocycles. The monoisotopic (exact) mass is 366 g/mol. The average Bonchev–Trinajstić information content (AvgIpc) is 2.78. The fraction of sp³-hybridized carbons (Fsp3) is 0.400. The maximum Gasteiger partial charge on any atom is 0.169 e. The second-order valence-electron chi connectivity index (χ2n) is 5.51. The number of aromatic nitrogens is 2. The van der Waals surface area contributed by atoms with Crippen LogP contribution in [0.4, 0.5) is 5.82 Å². The van der Waals surface area contributed by atoms with Crippen molar-refractivity contribution in [2.45, 2.75) is 6.10 Å². The Morgan fingerprint density at radius 3 is 2.55 bits per heavy atom. The molecule has 0 spiro atoms. The van der Waals surface area contributed by atoms with Crippen molar-refractivity contribution < 1.29 is 9.47 Å². The summed E-state index contributed by atoms with van der Waals surface area (Å²) >= 11 is 3.51. The highest BCUT2D eigenvalue weighted by Crippen LogP contribution is 2.43. The van der Waals surface area contributed by atoms with E-state index in [1.54, 1.807) is 18.0 Å². The van der Waals surface area contributed by atoms with Gasteiger partial charge in [-0.2, -0.15) is 5.10 Å². The van der Waals surface area contributed by atoms with Crippen molar-refractivity contribution >= 4 is 21.7 Å². The van der Waals surface area contributed by atoms with Crippen LogP contribution < -0.4 is 15.2 Å². The van der Waals surface area contributed by atoms with Crippen molar-refractivity contribution in [2.24, 2.45) is 7.05 Å². The summed E-state index contributed by atoms with van der Waals surface area (Å²) in [5.41, 5.74) is 7.84. The van der Waals surface area contributed by atoms with Gasteiger partial charge in [0.05, 0.1) is 13.3 Å². The molecule has 2 N–H and O–H groups in total. The molecular weight excluding hydrogens is 348 g/mol. The first-order chi connectivity index (χ1) is 10.5. The Labute approximate surface area is 137 Å². The van der Waals surface area contributed by atoms with E-state index in [1.165, 1.54) is 0 Å². The van der Waals surface area contributed by atoms with Gasteiger partial charge in [0, 0.05) is 35.7 Å². The van der Waals surface area contributed by atoms with Gasteiger partial charge in [-0.1, -0.05) is 15.9 Å². The van der Waals surface area contributed by atoms with Gasteiger partial charge in [0.15, 0.2) is 11.5 Å². The third-order valence-electron chi connectivity index (χ3n) is 3.83. The quantitative estimate of drug-likeness (QED) is 0.897. The number of rotatable bonds is 4. The zero-order valence-electron chi connectivity index (χ0n) is 12.8. The number of likely N-dealkylation sites (tertiary alicyclic amines) is 1. The van der Waals surface area contributed by atoms with Crippen molar-refractivity contribution in [1.82, 2.24) is 14.7 Å². The molecule has 0 unspecified atom stereocenters. The maximum absolute atomic E-state index is 6.17. The normalized spacial score (nSPS) is 15.6. The van der Waals surface area contributed by atoms with Gasteiger partial charge in [0.25, 0.3) is 0 Å². The number of benzene rings is 1. The smallest absolute Gasteiger partial charge is 0.169 e. The van der Waals surface area contributed by atoms with E-state index >= 15 is 0 Å². The Kier molecular flexibility index (Phi) is 4.01. The van der Waals surface area contributed by atoms with Gasteiger partial charge >= 0.3 is 0 Å². The molecule has 3 rings (SSSR count). The molecule has 0 bridgehead atoms. The van der Waals surface area contributed by atoms with Gasteiger partial charge in [-0.05, 0) is 19.2 Å². The number of hydrogen-bond donors (Lipinski definition) is 1. The van der Waals surface area contributed by atoms with Crippen LogP contribution in [-0.2, 0) is 7.05 Å². The molecule has 2 aromatic rings. The Morgan fingerprint density at radius 2 is 2.00 bits per heavy atom. The lowest BCUT2D eigenvalue weighted by molar-refractivity contribution is 0.0374. The second-order valence-corrected chi connectivity index (χ2v) is 6.43. The second kappa shape index (κ2) is 5.81. The number of aryl methyl sites for hydroxylation is 1. The molecule has 1 fully saturated rings. The first-order valence-corrected chi connectivity index (χ1v) is 7.79. The molecule has 22 heavy (non-hydrogen) atoms. The van der Waals surface area contributed by atoms with Crippen LogP contribution in [0.15, 0.2) is 22.8 Å². The number of nitrogens with zero attached hydrogens (tertiary/aromatic N) is 3. The zero-order valence-corrected chi connectivity index (χ0v) is 14.4. The van der Waals surface area contributed by atoms with Gasteiger partial charge in [0.2, 0.25) is 0 Å². The molecule has 0 aliphatic carbocycles. The van der Waals surface area contributed by atoms with E-state index in [9.17, 15) is 0 Å². The van der Waals surface area contributed by atoms with E-state index in [1.807, 2.05) is 19.2 Å². The SMILES string of the molecule is COc1cc(Br)cc(-c2cnn(C)c2N)c1OC1CN(C)C1. The van der Waals surface area contributed by atoms with E-state index in [-0.39, 0.29) is 6.10 Å². The molecule has 7 heteroatoms. The molecule has 6 nitrogen and oxygen atoms in total. The fourth-order valence-corrected chi connectivity index (χ4v) is 3.02. The van der Waals surface area contributed by atoms with Crippen LogP contribution in [-0.4, -0.2) is 48.0 Å². The number of halogens is 1. The summed E-state index contributed by atoms with van der Waals surface area (Å²) in [6.07, 6.45) is 1.91. The van der Waals surface area contributed by atoms with Crippen molar-refractivity contribution in [2.75, 3.05) is 33.0 Å². The number of nitrogen functional groups attached to an aromatic ring is 1. The first kappa shape index (κ1) is 15.2. The van der Waals surface area contributed by atoms with Gasteiger partial charge < -0.3 is 15.2 Å². The molecule has 2 heterocycles. The molecule has 0 amide bonds. The summed E-state index contributed by atoms with van der Waals surface area (Å²) in [5, 5.41) is 4.22. The van der Waals surface area contributed by atoms with E-state index in [2.05, 4.69) is 33.0 Å². The van der Waals surface area contributed by atoms with Crippen LogP contribution in [0.1, 0.15) is 0 Å². The minimum absolute atomic E-state index is 0.164. The van der Waals surface area contributed by atoms with Crippen LogP contribution in [0.5, 0.6) is 11.5 Å². The standard InChI is InChI=1S/C15H19BrN4O2/c1-19-7-10(8-19)22-14-11(4-9(16)5-13(14)21-3)12-6-18-20(2)15(12)17/h4-6,10H,7-8,17H2,1-3H3. The predicted octanol–water partition coefficient (Wildman–Crippen LogP) is 2.13. The average molecular weight is 367 g/mol. The molecule has 1 aliphatic rings. The lowest BCUT2D eigenvalue weighted by atomic mass is 10.1. The van der Waals surface area contributed by atoms with Gasteiger partial charge in [-0.25, -0.2) is 0 Å². The topological polar surface area (TPSA) is 65.5 Å². The van der Waals surface area contributed by atoms with Gasteiger partial charge in [0.1, 0.15) is 11.9 Å². The Bertz CT molecular complexity index is 695. The Morgan fingerprint density at radius 1 is 1.27 bits per heavy atom. The Hall–Kier alpha value is -1.73. The van der Waals surface area contributed by atoms with Gasteiger partial charge in [-0.3, -0.25) is 9.58 Å². The maximum atomic E-state index is 6.17. The third kappa shape index (κ3) is 2.66. The van der Waals surface area contributed by atoms with E-state index < -0.39 is 0 Å².